The summed E-state index contributed by atoms with van der Waals surface area (Å²) in [7, 11) is 2.00. The third-order valence-electron chi connectivity index (χ3n) is 4.26. The minimum absolute atomic E-state index is 0.187. The Kier molecular flexibility index (Phi) is 6.79. The Morgan fingerprint density at radius 2 is 2.12 bits per heavy atom. The molecule has 130 valence electrons. The molecule has 0 saturated heterocycles. The fourth-order valence-electron chi connectivity index (χ4n) is 2.21. The summed E-state index contributed by atoms with van der Waals surface area (Å²) >= 11 is 1.60. The molecule has 0 spiro atoms. The first kappa shape index (κ1) is 18.5. The van der Waals surface area contributed by atoms with Gasteiger partial charge in [-0.2, -0.15) is 0 Å². The highest BCUT2D eigenvalue weighted by atomic mass is 32.1. The third-order valence-corrected chi connectivity index (χ3v) is 5.30. The minimum atomic E-state index is -0.187. The molecule has 0 bridgehead atoms. The average Bonchev–Trinajstić information content (AvgIpc) is 2.88. The Balaban J connectivity index is 2.08. The maximum atomic E-state index is 12.1. The molecule has 0 amide bonds. The second-order valence-electron chi connectivity index (χ2n) is 6.16. The Morgan fingerprint density at radius 1 is 1.38 bits per heavy atom. The van der Waals surface area contributed by atoms with Gasteiger partial charge in [-0.3, -0.25) is 4.79 Å². The van der Waals surface area contributed by atoms with Crippen LogP contribution in [0.5, 0.6) is 0 Å². The van der Waals surface area contributed by atoms with Gasteiger partial charge >= 0.3 is 5.97 Å². The van der Waals surface area contributed by atoms with Crippen molar-refractivity contribution in [2.45, 2.75) is 40.0 Å². The van der Waals surface area contributed by atoms with Gasteiger partial charge in [0, 0.05) is 18.1 Å². The van der Waals surface area contributed by atoms with Gasteiger partial charge in [0.15, 0.2) is 4.80 Å². The van der Waals surface area contributed by atoms with Gasteiger partial charge in [0.1, 0.15) is 0 Å². The lowest BCUT2D eigenvalue weighted by molar-refractivity contribution is -0.143. The van der Waals surface area contributed by atoms with Crippen LogP contribution in [0.15, 0.2) is 34.6 Å². The number of benzene rings is 1. The SMILES string of the molecule is CCC(C)CCOC(=O)Cc1ccccc1N=c1scc(C)n1C. The number of rotatable bonds is 7. The smallest absolute Gasteiger partial charge is 0.310 e. The van der Waals surface area contributed by atoms with Crippen LogP contribution >= 0.6 is 11.3 Å². The molecule has 0 radical (unpaired) electrons. The predicted molar refractivity (Wildman–Crippen MR) is 98.4 cm³/mol. The van der Waals surface area contributed by atoms with E-state index in [2.05, 4.69) is 26.2 Å². The standard InChI is InChI=1S/C19H26N2O2S/c1-5-14(2)10-11-23-18(22)12-16-8-6-7-9-17(16)20-19-21(4)15(3)13-24-19/h6-9,13-14H,5,10-12H2,1-4H3. The summed E-state index contributed by atoms with van der Waals surface area (Å²) in [6.07, 6.45) is 2.28. The van der Waals surface area contributed by atoms with Crippen molar-refractivity contribution in [1.29, 1.82) is 0 Å². The van der Waals surface area contributed by atoms with Crippen molar-refractivity contribution in [3.05, 3.63) is 45.7 Å². The van der Waals surface area contributed by atoms with Crippen molar-refractivity contribution in [1.82, 2.24) is 4.57 Å². The molecular weight excluding hydrogens is 320 g/mol. The normalized spacial score (nSPS) is 13.1. The van der Waals surface area contributed by atoms with Gasteiger partial charge in [-0.1, -0.05) is 38.5 Å². The summed E-state index contributed by atoms with van der Waals surface area (Å²) in [6.45, 7) is 6.86. The average molecular weight is 346 g/mol. The maximum absolute atomic E-state index is 12.1. The number of para-hydroxylation sites is 1. The van der Waals surface area contributed by atoms with Crippen molar-refractivity contribution in [3.63, 3.8) is 0 Å². The third kappa shape index (κ3) is 5.06. The van der Waals surface area contributed by atoms with E-state index >= 15 is 0 Å². The summed E-state index contributed by atoms with van der Waals surface area (Å²) in [5, 5.41) is 2.07. The number of thiazole rings is 1. The molecule has 5 heteroatoms. The zero-order valence-electron chi connectivity index (χ0n) is 14.9. The van der Waals surface area contributed by atoms with Crippen LogP contribution < -0.4 is 4.80 Å². The number of carbonyl (C=O) groups excluding carboxylic acids is 1. The Labute approximate surface area is 147 Å². The Hall–Kier alpha value is -1.88. The van der Waals surface area contributed by atoms with Gasteiger partial charge in [0.2, 0.25) is 0 Å². The van der Waals surface area contributed by atoms with Gasteiger partial charge in [0.25, 0.3) is 0 Å². The molecule has 0 aliphatic heterocycles. The first-order valence-electron chi connectivity index (χ1n) is 8.40. The predicted octanol–water partition coefficient (Wildman–Crippen LogP) is 4.15. The zero-order valence-corrected chi connectivity index (χ0v) is 15.7. The molecule has 0 aliphatic carbocycles. The number of hydrogen-bond donors (Lipinski definition) is 0. The van der Waals surface area contributed by atoms with Crippen molar-refractivity contribution >= 4 is 23.0 Å². The van der Waals surface area contributed by atoms with Gasteiger partial charge in [-0.15, -0.1) is 11.3 Å². The van der Waals surface area contributed by atoms with E-state index in [0.717, 1.165) is 28.9 Å². The van der Waals surface area contributed by atoms with Crippen LogP contribution in [-0.4, -0.2) is 17.1 Å². The van der Waals surface area contributed by atoms with Crippen LogP contribution in [0.2, 0.25) is 0 Å². The van der Waals surface area contributed by atoms with Gasteiger partial charge in [-0.25, -0.2) is 4.99 Å². The van der Waals surface area contributed by atoms with Crippen LogP contribution in [-0.2, 0) is 23.0 Å². The van der Waals surface area contributed by atoms with E-state index in [-0.39, 0.29) is 12.4 Å². The minimum Gasteiger partial charge on any atom is -0.465 e. The number of aryl methyl sites for hydroxylation is 1. The quantitative estimate of drug-likeness (QED) is 0.707. The fourth-order valence-corrected chi connectivity index (χ4v) is 3.09. The van der Waals surface area contributed by atoms with E-state index in [9.17, 15) is 4.79 Å². The molecular formula is C19H26N2O2S. The molecule has 1 aromatic carbocycles. The molecule has 1 heterocycles. The summed E-state index contributed by atoms with van der Waals surface area (Å²) in [5.41, 5.74) is 2.90. The highest BCUT2D eigenvalue weighted by Gasteiger charge is 2.10. The van der Waals surface area contributed by atoms with Gasteiger partial charge < -0.3 is 9.30 Å². The van der Waals surface area contributed by atoms with E-state index < -0.39 is 0 Å². The molecule has 1 unspecified atom stereocenters. The van der Waals surface area contributed by atoms with Crippen LogP contribution in [0.25, 0.3) is 0 Å². The van der Waals surface area contributed by atoms with E-state index in [1.54, 1.807) is 11.3 Å². The highest BCUT2D eigenvalue weighted by Crippen LogP contribution is 2.19. The number of nitrogens with zero attached hydrogens (tertiary/aromatic N) is 2. The molecule has 0 fully saturated rings. The van der Waals surface area contributed by atoms with Gasteiger partial charge in [0.05, 0.1) is 18.7 Å². The molecule has 1 aromatic heterocycles. The molecule has 1 atom stereocenters. The Morgan fingerprint density at radius 3 is 2.79 bits per heavy atom. The monoisotopic (exact) mass is 346 g/mol. The fraction of sp³-hybridized carbons (Fsp3) is 0.474. The van der Waals surface area contributed by atoms with E-state index in [1.165, 1.54) is 5.69 Å². The lowest BCUT2D eigenvalue weighted by Gasteiger charge is -2.09. The van der Waals surface area contributed by atoms with E-state index in [1.807, 2.05) is 35.9 Å². The molecule has 2 aromatic rings. The largest absolute Gasteiger partial charge is 0.465 e. The number of hydrogen-bond acceptors (Lipinski definition) is 4. The lowest BCUT2D eigenvalue weighted by Crippen LogP contribution is -2.12. The van der Waals surface area contributed by atoms with Crippen molar-refractivity contribution in [2.24, 2.45) is 18.0 Å². The van der Waals surface area contributed by atoms with Gasteiger partial charge in [-0.05, 0) is 30.9 Å². The van der Waals surface area contributed by atoms with Crippen LogP contribution in [0.4, 0.5) is 5.69 Å². The Bertz CT molecular complexity index is 746. The molecule has 2 rings (SSSR count). The van der Waals surface area contributed by atoms with Crippen LogP contribution in [0.3, 0.4) is 0 Å². The van der Waals surface area contributed by atoms with Crippen LogP contribution in [0, 0.1) is 12.8 Å². The second kappa shape index (κ2) is 8.83. The summed E-state index contributed by atoms with van der Waals surface area (Å²) in [4.78, 5) is 17.7. The highest BCUT2D eigenvalue weighted by molar-refractivity contribution is 7.07. The molecule has 0 saturated carbocycles. The van der Waals surface area contributed by atoms with Crippen molar-refractivity contribution in [3.8, 4) is 0 Å². The molecule has 0 aliphatic rings. The van der Waals surface area contributed by atoms with Crippen molar-refractivity contribution < 1.29 is 9.53 Å². The number of aromatic nitrogens is 1. The van der Waals surface area contributed by atoms with E-state index in [4.69, 9.17) is 9.73 Å². The summed E-state index contributed by atoms with van der Waals surface area (Å²) < 4.78 is 7.42. The summed E-state index contributed by atoms with van der Waals surface area (Å²) in [6, 6.07) is 7.75. The number of ether oxygens (including phenoxy) is 1. The van der Waals surface area contributed by atoms with Crippen molar-refractivity contribution in [2.75, 3.05) is 6.61 Å². The molecule has 24 heavy (non-hydrogen) atoms. The summed E-state index contributed by atoms with van der Waals surface area (Å²) in [5.74, 6) is 0.398. The molecule has 0 N–H and O–H groups in total. The molecule has 4 nitrogen and oxygen atoms in total. The number of carbonyl (C=O) groups is 1. The zero-order chi connectivity index (χ0) is 17.5. The first-order valence-corrected chi connectivity index (χ1v) is 9.28. The lowest BCUT2D eigenvalue weighted by atomic mass is 10.1. The first-order chi connectivity index (χ1) is 11.5. The topological polar surface area (TPSA) is 43.6 Å². The van der Waals surface area contributed by atoms with Crippen LogP contribution in [0.1, 0.15) is 37.9 Å². The second-order valence-corrected chi connectivity index (χ2v) is 7.00. The number of esters is 1. The maximum Gasteiger partial charge on any atom is 0.310 e. The van der Waals surface area contributed by atoms with E-state index in [0.29, 0.717) is 12.5 Å².